The number of benzene rings is 1. The van der Waals surface area contributed by atoms with Crippen molar-refractivity contribution in [2.45, 2.75) is 32.1 Å². The smallest absolute Gasteiger partial charge is 0.227 e. The minimum Gasteiger partial charge on any atom is -0.326 e. The molecule has 2 nitrogen and oxygen atoms in total. The Morgan fingerprint density at radius 3 is 2.40 bits per heavy atom. The van der Waals surface area contributed by atoms with E-state index in [0.29, 0.717) is 0 Å². The highest BCUT2D eigenvalue weighted by atomic mass is 16.1. The van der Waals surface area contributed by atoms with Crippen molar-refractivity contribution in [3.8, 4) is 0 Å². The molecule has 1 aromatic carbocycles. The Hall–Kier alpha value is -1.31. The lowest BCUT2D eigenvalue weighted by Crippen LogP contribution is -2.24. The number of carbonyl (C=O) groups is 1. The Morgan fingerprint density at radius 1 is 1.07 bits per heavy atom. The van der Waals surface area contributed by atoms with E-state index in [-0.39, 0.29) is 11.8 Å². The summed E-state index contributed by atoms with van der Waals surface area (Å²) in [5.41, 5.74) is 0.910. The first kappa shape index (κ1) is 10.2. The van der Waals surface area contributed by atoms with Gasteiger partial charge in [-0.1, -0.05) is 37.5 Å². The number of hydrogen-bond acceptors (Lipinski definition) is 1. The second-order valence-corrected chi connectivity index (χ2v) is 4.19. The highest BCUT2D eigenvalue weighted by Gasteiger charge is 2.20. The van der Waals surface area contributed by atoms with E-state index in [4.69, 9.17) is 0 Å². The molecule has 1 amide bonds. The minimum absolute atomic E-state index is 0.195. The Kier molecular flexibility index (Phi) is 3.38. The molecule has 0 spiro atoms. The van der Waals surface area contributed by atoms with Crippen LogP contribution < -0.4 is 5.32 Å². The molecule has 1 N–H and O–H groups in total. The van der Waals surface area contributed by atoms with E-state index in [1.165, 1.54) is 19.3 Å². The normalized spacial score (nSPS) is 17.3. The Labute approximate surface area is 90.7 Å². The van der Waals surface area contributed by atoms with Crippen LogP contribution in [0.5, 0.6) is 0 Å². The summed E-state index contributed by atoms with van der Waals surface area (Å²) in [4.78, 5) is 11.9. The maximum Gasteiger partial charge on any atom is 0.227 e. The standard InChI is InChI=1S/C13H17NO/c15-13(11-7-3-1-4-8-11)14-12-9-5-2-6-10-12/h2,5-6,9-11H,1,3-4,7-8H2,(H,14,15). The predicted molar refractivity (Wildman–Crippen MR) is 61.6 cm³/mol. The predicted octanol–water partition coefficient (Wildman–Crippen LogP) is 3.21. The summed E-state index contributed by atoms with van der Waals surface area (Å²) < 4.78 is 0. The molecule has 0 aliphatic heterocycles. The molecule has 2 rings (SSSR count). The van der Waals surface area contributed by atoms with Crippen LogP contribution in [-0.2, 0) is 4.79 Å². The summed E-state index contributed by atoms with van der Waals surface area (Å²) in [7, 11) is 0. The molecule has 0 radical (unpaired) electrons. The van der Waals surface area contributed by atoms with Crippen LogP contribution in [0.4, 0.5) is 5.69 Å². The third-order valence-corrected chi connectivity index (χ3v) is 3.02. The molecule has 0 unspecified atom stereocenters. The zero-order chi connectivity index (χ0) is 10.5. The van der Waals surface area contributed by atoms with Gasteiger partial charge in [-0.25, -0.2) is 0 Å². The van der Waals surface area contributed by atoms with Gasteiger partial charge in [-0.05, 0) is 25.0 Å². The van der Waals surface area contributed by atoms with Crippen molar-refractivity contribution in [2.75, 3.05) is 5.32 Å². The van der Waals surface area contributed by atoms with Crippen molar-refractivity contribution >= 4 is 11.6 Å². The van der Waals surface area contributed by atoms with E-state index in [9.17, 15) is 4.79 Å². The second-order valence-electron chi connectivity index (χ2n) is 4.19. The van der Waals surface area contributed by atoms with Gasteiger partial charge in [-0.15, -0.1) is 0 Å². The summed E-state index contributed by atoms with van der Waals surface area (Å²) in [5.74, 6) is 0.430. The summed E-state index contributed by atoms with van der Waals surface area (Å²) in [6.45, 7) is 0. The first-order valence-corrected chi connectivity index (χ1v) is 5.72. The van der Waals surface area contributed by atoms with Gasteiger partial charge < -0.3 is 5.32 Å². The molecule has 0 aromatic heterocycles. The lowest BCUT2D eigenvalue weighted by molar-refractivity contribution is -0.120. The minimum atomic E-state index is 0.195. The van der Waals surface area contributed by atoms with E-state index in [2.05, 4.69) is 5.32 Å². The largest absolute Gasteiger partial charge is 0.326 e. The summed E-state index contributed by atoms with van der Waals surface area (Å²) >= 11 is 0. The van der Waals surface area contributed by atoms with E-state index in [1.54, 1.807) is 0 Å². The Balaban J connectivity index is 1.91. The number of anilines is 1. The van der Waals surface area contributed by atoms with Crippen molar-refractivity contribution in [1.29, 1.82) is 0 Å². The number of hydrogen-bond donors (Lipinski definition) is 1. The molecule has 1 fully saturated rings. The maximum atomic E-state index is 11.9. The van der Waals surface area contributed by atoms with Crippen molar-refractivity contribution in [1.82, 2.24) is 0 Å². The summed E-state index contributed by atoms with van der Waals surface area (Å²) in [6.07, 6.45) is 5.80. The van der Waals surface area contributed by atoms with E-state index in [0.717, 1.165) is 18.5 Å². The first-order chi connectivity index (χ1) is 7.36. The average molecular weight is 203 g/mol. The van der Waals surface area contributed by atoms with E-state index < -0.39 is 0 Å². The van der Waals surface area contributed by atoms with Gasteiger partial charge in [0.15, 0.2) is 0 Å². The molecule has 2 heteroatoms. The van der Waals surface area contributed by atoms with E-state index in [1.807, 2.05) is 30.3 Å². The lowest BCUT2D eigenvalue weighted by atomic mass is 9.88. The van der Waals surface area contributed by atoms with Gasteiger partial charge in [0.05, 0.1) is 0 Å². The molecule has 80 valence electrons. The molecule has 1 aliphatic carbocycles. The second kappa shape index (κ2) is 4.96. The van der Waals surface area contributed by atoms with Crippen molar-refractivity contribution in [3.63, 3.8) is 0 Å². The van der Waals surface area contributed by atoms with Crippen LogP contribution in [0.15, 0.2) is 30.3 Å². The average Bonchev–Trinajstić information content (AvgIpc) is 2.31. The lowest BCUT2D eigenvalue weighted by Gasteiger charge is -2.20. The van der Waals surface area contributed by atoms with Crippen LogP contribution in [0.1, 0.15) is 32.1 Å². The van der Waals surface area contributed by atoms with Gasteiger partial charge in [0, 0.05) is 11.6 Å². The molecule has 1 saturated carbocycles. The van der Waals surface area contributed by atoms with E-state index >= 15 is 0 Å². The van der Waals surface area contributed by atoms with Crippen molar-refractivity contribution in [3.05, 3.63) is 30.3 Å². The number of carbonyl (C=O) groups excluding carboxylic acids is 1. The zero-order valence-electron chi connectivity index (χ0n) is 8.91. The van der Waals surface area contributed by atoms with Crippen LogP contribution in [0, 0.1) is 5.92 Å². The fourth-order valence-corrected chi connectivity index (χ4v) is 2.13. The molecular weight excluding hydrogens is 186 g/mol. The van der Waals surface area contributed by atoms with Crippen molar-refractivity contribution in [2.24, 2.45) is 5.92 Å². The highest BCUT2D eigenvalue weighted by Crippen LogP contribution is 2.24. The van der Waals surface area contributed by atoms with Crippen LogP contribution in [0.25, 0.3) is 0 Å². The van der Waals surface area contributed by atoms with Gasteiger partial charge >= 0.3 is 0 Å². The SMILES string of the molecule is O=C(Nc1ccccc1)C1CCCCC1. The van der Waals surface area contributed by atoms with Gasteiger partial charge in [-0.2, -0.15) is 0 Å². The fourth-order valence-electron chi connectivity index (χ4n) is 2.13. The third-order valence-electron chi connectivity index (χ3n) is 3.02. The van der Waals surface area contributed by atoms with Gasteiger partial charge in [0.2, 0.25) is 5.91 Å². The van der Waals surface area contributed by atoms with Crippen LogP contribution in [0.3, 0.4) is 0 Å². The molecule has 15 heavy (non-hydrogen) atoms. The van der Waals surface area contributed by atoms with Gasteiger partial charge in [0.25, 0.3) is 0 Å². The fraction of sp³-hybridized carbons (Fsp3) is 0.462. The number of nitrogens with one attached hydrogen (secondary N) is 1. The first-order valence-electron chi connectivity index (χ1n) is 5.72. The molecule has 0 heterocycles. The van der Waals surface area contributed by atoms with Gasteiger partial charge in [0.1, 0.15) is 0 Å². The molecule has 0 atom stereocenters. The molecule has 0 saturated heterocycles. The summed E-state index contributed by atoms with van der Waals surface area (Å²) in [6, 6.07) is 9.70. The Bertz CT molecular complexity index is 315. The monoisotopic (exact) mass is 203 g/mol. The number of amides is 1. The number of para-hydroxylation sites is 1. The summed E-state index contributed by atoms with van der Waals surface area (Å²) in [5, 5.41) is 2.97. The zero-order valence-corrected chi connectivity index (χ0v) is 8.91. The van der Waals surface area contributed by atoms with Crippen LogP contribution in [-0.4, -0.2) is 5.91 Å². The molecule has 0 bridgehead atoms. The van der Waals surface area contributed by atoms with Crippen LogP contribution >= 0.6 is 0 Å². The molecule has 1 aliphatic rings. The Morgan fingerprint density at radius 2 is 1.73 bits per heavy atom. The third kappa shape index (κ3) is 2.82. The highest BCUT2D eigenvalue weighted by molar-refractivity contribution is 5.92. The molecular formula is C13H17NO. The number of rotatable bonds is 2. The van der Waals surface area contributed by atoms with Crippen LogP contribution in [0.2, 0.25) is 0 Å². The maximum absolute atomic E-state index is 11.9. The topological polar surface area (TPSA) is 29.1 Å². The quantitative estimate of drug-likeness (QED) is 0.785. The van der Waals surface area contributed by atoms with Crippen molar-refractivity contribution < 1.29 is 4.79 Å². The van der Waals surface area contributed by atoms with Gasteiger partial charge in [-0.3, -0.25) is 4.79 Å². The molecule has 1 aromatic rings.